The summed E-state index contributed by atoms with van der Waals surface area (Å²) in [4.78, 5) is 4.36. The molecule has 0 aliphatic heterocycles. The smallest absolute Gasteiger partial charge is 0.0841 e. The van der Waals surface area contributed by atoms with Crippen LogP contribution in [0, 0.1) is 3.57 Å². The number of pyridine rings is 1. The van der Waals surface area contributed by atoms with Crippen LogP contribution in [0.5, 0.6) is 0 Å². The topological polar surface area (TPSA) is 33.1 Å². The Hall–Kier alpha value is -0.980. The quantitative estimate of drug-likeness (QED) is 0.573. The highest BCUT2D eigenvalue weighted by molar-refractivity contribution is 14.1. The van der Waals surface area contributed by atoms with Gasteiger partial charge < -0.3 is 5.11 Å². The van der Waals surface area contributed by atoms with Crippen LogP contribution in [0.1, 0.15) is 17.2 Å². The van der Waals surface area contributed by atoms with E-state index in [2.05, 4.69) is 43.5 Å². The summed E-state index contributed by atoms with van der Waals surface area (Å²) in [7, 11) is 0. The number of nitrogens with zero attached hydrogens (tertiary/aromatic N) is 1. The van der Waals surface area contributed by atoms with Gasteiger partial charge in [-0.1, -0.05) is 34.1 Å². The van der Waals surface area contributed by atoms with Gasteiger partial charge >= 0.3 is 0 Å². The Kier molecular flexibility index (Phi) is 4.57. The third-order valence-corrected chi connectivity index (χ3v) is 4.86. The lowest BCUT2D eigenvalue weighted by atomic mass is 9.99. The molecule has 0 saturated carbocycles. The summed E-state index contributed by atoms with van der Waals surface area (Å²) in [6.45, 7) is 0. The van der Waals surface area contributed by atoms with Gasteiger partial charge in [-0.25, -0.2) is 0 Å². The Morgan fingerprint density at radius 3 is 2.81 bits per heavy atom. The summed E-state index contributed by atoms with van der Waals surface area (Å²) in [5, 5.41) is 11.7. The van der Waals surface area contributed by atoms with Gasteiger partial charge in [-0.15, -0.1) is 0 Å². The molecule has 0 radical (unpaired) electrons. The molecule has 2 nitrogen and oxygen atoms in total. The molecule has 0 aliphatic rings. The molecule has 1 heterocycles. The molecule has 0 bridgehead atoms. The van der Waals surface area contributed by atoms with Crippen molar-refractivity contribution in [2.45, 2.75) is 12.5 Å². The molecule has 1 unspecified atom stereocenters. The second-order valence-corrected chi connectivity index (χ2v) is 6.97. The van der Waals surface area contributed by atoms with Crippen molar-refractivity contribution < 1.29 is 5.11 Å². The zero-order valence-corrected chi connectivity index (χ0v) is 14.9. The summed E-state index contributed by atoms with van der Waals surface area (Å²) < 4.78 is 2.05. The molecular formula is C17H13BrINO. The first-order chi connectivity index (χ1) is 10.1. The fourth-order valence-corrected chi connectivity index (χ4v) is 3.45. The predicted octanol–water partition coefficient (Wildman–Crippen LogP) is 4.88. The molecule has 106 valence electrons. The van der Waals surface area contributed by atoms with Crippen molar-refractivity contribution in [3.05, 3.63) is 73.9 Å². The van der Waals surface area contributed by atoms with E-state index in [1.807, 2.05) is 48.5 Å². The average Bonchev–Trinajstić information content (AvgIpc) is 2.50. The largest absolute Gasteiger partial charge is 0.388 e. The van der Waals surface area contributed by atoms with E-state index in [1.165, 1.54) is 0 Å². The molecule has 21 heavy (non-hydrogen) atoms. The second kappa shape index (κ2) is 6.42. The van der Waals surface area contributed by atoms with Crippen molar-refractivity contribution in [2.75, 3.05) is 0 Å². The average molecular weight is 454 g/mol. The zero-order chi connectivity index (χ0) is 14.8. The molecule has 3 aromatic rings. The number of aliphatic hydroxyl groups excluding tert-OH is 1. The van der Waals surface area contributed by atoms with Crippen molar-refractivity contribution in [3.63, 3.8) is 0 Å². The van der Waals surface area contributed by atoms with E-state index in [0.29, 0.717) is 6.42 Å². The van der Waals surface area contributed by atoms with Crippen LogP contribution in [0.4, 0.5) is 0 Å². The van der Waals surface area contributed by atoms with Crippen molar-refractivity contribution in [1.82, 2.24) is 4.98 Å². The van der Waals surface area contributed by atoms with Crippen LogP contribution in [0.2, 0.25) is 0 Å². The van der Waals surface area contributed by atoms with Gasteiger partial charge in [-0.05, 0) is 64.0 Å². The van der Waals surface area contributed by atoms with Gasteiger partial charge in [0.25, 0.3) is 0 Å². The van der Waals surface area contributed by atoms with Gasteiger partial charge in [0, 0.05) is 26.0 Å². The Morgan fingerprint density at radius 2 is 1.95 bits per heavy atom. The van der Waals surface area contributed by atoms with Crippen molar-refractivity contribution in [1.29, 1.82) is 0 Å². The Balaban J connectivity index is 1.96. The van der Waals surface area contributed by atoms with E-state index < -0.39 is 6.10 Å². The van der Waals surface area contributed by atoms with Gasteiger partial charge in [-0.3, -0.25) is 4.98 Å². The Morgan fingerprint density at radius 1 is 1.14 bits per heavy atom. The number of hydrogen-bond acceptors (Lipinski definition) is 2. The second-order valence-electron chi connectivity index (χ2n) is 4.87. The minimum Gasteiger partial charge on any atom is -0.388 e. The Bertz CT molecular complexity index is 785. The van der Waals surface area contributed by atoms with Crippen LogP contribution in [-0.2, 0) is 6.42 Å². The number of aromatic nitrogens is 1. The summed E-state index contributed by atoms with van der Waals surface area (Å²) in [5.41, 5.74) is 2.99. The molecule has 3 rings (SSSR count). The zero-order valence-electron chi connectivity index (χ0n) is 11.1. The summed E-state index contributed by atoms with van der Waals surface area (Å²) >= 11 is 5.78. The van der Waals surface area contributed by atoms with Crippen LogP contribution < -0.4 is 0 Å². The summed E-state index contributed by atoms with van der Waals surface area (Å²) in [6, 6.07) is 16.0. The lowest BCUT2D eigenvalue weighted by Gasteiger charge is -2.14. The first-order valence-corrected chi connectivity index (χ1v) is 8.48. The molecule has 0 fully saturated rings. The number of hydrogen-bond donors (Lipinski definition) is 1. The van der Waals surface area contributed by atoms with Crippen molar-refractivity contribution in [2.24, 2.45) is 0 Å². The minimum absolute atomic E-state index is 0.542. The SMILES string of the molecule is OC(Cc1ccnc2ccccc12)c1cc(I)ccc1Br. The fourth-order valence-electron chi connectivity index (χ4n) is 2.42. The molecule has 0 spiro atoms. The highest BCUT2D eigenvalue weighted by atomic mass is 127. The van der Waals surface area contributed by atoms with Gasteiger partial charge in [0.05, 0.1) is 11.6 Å². The summed E-state index contributed by atoms with van der Waals surface area (Å²) in [5.74, 6) is 0. The molecule has 1 atom stereocenters. The van der Waals surface area contributed by atoms with E-state index in [9.17, 15) is 5.11 Å². The number of aliphatic hydroxyl groups is 1. The maximum atomic E-state index is 10.6. The molecule has 1 aromatic heterocycles. The summed E-state index contributed by atoms with van der Waals surface area (Å²) in [6.07, 6.45) is 1.83. The number of fused-ring (bicyclic) bond motifs is 1. The number of halogens is 2. The molecule has 0 amide bonds. The molecule has 0 aliphatic carbocycles. The van der Waals surface area contributed by atoms with E-state index >= 15 is 0 Å². The van der Waals surface area contributed by atoms with Crippen LogP contribution in [0.25, 0.3) is 10.9 Å². The normalized spacial score (nSPS) is 12.5. The van der Waals surface area contributed by atoms with Gasteiger partial charge in [0.15, 0.2) is 0 Å². The maximum Gasteiger partial charge on any atom is 0.0841 e. The van der Waals surface area contributed by atoms with Gasteiger partial charge in [-0.2, -0.15) is 0 Å². The molecule has 1 N–H and O–H groups in total. The lowest BCUT2D eigenvalue weighted by Crippen LogP contribution is -2.04. The highest BCUT2D eigenvalue weighted by Crippen LogP contribution is 2.29. The van der Waals surface area contributed by atoms with Crippen LogP contribution in [0.3, 0.4) is 0 Å². The molecule has 0 saturated heterocycles. The van der Waals surface area contributed by atoms with E-state index in [0.717, 1.165) is 30.1 Å². The number of benzene rings is 2. The third kappa shape index (κ3) is 3.27. The van der Waals surface area contributed by atoms with Crippen LogP contribution in [-0.4, -0.2) is 10.1 Å². The third-order valence-electron chi connectivity index (χ3n) is 3.47. The van der Waals surface area contributed by atoms with Crippen LogP contribution in [0.15, 0.2) is 59.2 Å². The van der Waals surface area contributed by atoms with Crippen LogP contribution >= 0.6 is 38.5 Å². The molecule has 4 heteroatoms. The van der Waals surface area contributed by atoms with Gasteiger partial charge in [0.2, 0.25) is 0 Å². The van der Waals surface area contributed by atoms with E-state index in [4.69, 9.17) is 0 Å². The first kappa shape index (κ1) is 14.9. The van der Waals surface area contributed by atoms with E-state index in [-0.39, 0.29) is 0 Å². The lowest BCUT2D eigenvalue weighted by molar-refractivity contribution is 0.178. The molecule has 2 aromatic carbocycles. The highest BCUT2D eigenvalue weighted by Gasteiger charge is 2.14. The fraction of sp³-hybridized carbons (Fsp3) is 0.118. The van der Waals surface area contributed by atoms with Gasteiger partial charge in [0.1, 0.15) is 0 Å². The Labute approximate surface area is 145 Å². The number of para-hydroxylation sites is 1. The monoisotopic (exact) mass is 453 g/mol. The first-order valence-electron chi connectivity index (χ1n) is 6.61. The predicted molar refractivity (Wildman–Crippen MR) is 97.3 cm³/mol. The minimum atomic E-state index is -0.542. The van der Waals surface area contributed by atoms with Crippen molar-refractivity contribution >= 4 is 49.4 Å². The standard InChI is InChI=1S/C17H13BrINO/c18-15-6-5-12(19)10-14(15)17(21)9-11-7-8-20-16-4-2-1-3-13(11)16/h1-8,10,17,21H,9H2. The van der Waals surface area contributed by atoms with Crippen molar-refractivity contribution in [3.8, 4) is 0 Å². The molecular weight excluding hydrogens is 441 g/mol. The maximum absolute atomic E-state index is 10.6. The number of rotatable bonds is 3. The van der Waals surface area contributed by atoms with E-state index in [1.54, 1.807) is 6.20 Å².